The van der Waals surface area contributed by atoms with Crippen molar-refractivity contribution in [3.8, 4) is 28.7 Å². The monoisotopic (exact) mass is 471 g/mol. The molecule has 0 N–H and O–H groups in total. The summed E-state index contributed by atoms with van der Waals surface area (Å²) in [7, 11) is -0.364. The van der Waals surface area contributed by atoms with Crippen LogP contribution in [0.15, 0.2) is 56.8 Å². The Morgan fingerprint density at radius 3 is 2.33 bits per heavy atom. The molecule has 0 spiro atoms. The Bertz CT molecular complexity index is 1250. The van der Waals surface area contributed by atoms with Crippen molar-refractivity contribution in [2.24, 2.45) is 0 Å². The van der Waals surface area contributed by atoms with E-state index in [-0.39, 0.29) is 21.7 Å². The Morgan fingerprint density at radius 2 is 1.64 bits per heavy atom. The molecular formula is C23H25N3O6S. The first-order valence-electron chi connectivity index (χ1n) is 10.7. The lowest BCUT2D eigenvalue weighted by molar-refractivity contribution is 0.171. The highest BCUT2D eigenvalue weighted by molar-refractivity contribution is 7.91. The molecule has 0 saturated carbocycles. The molecule has 2 aliphatic heterocycles. The third kappa shape index (κ3) is 4.11. The quantitative estimate of drug-likeness (QED) is 0.557. The molecule has 3 heterocycles. The van der Waals surface area contributed by atoms with Crippen molar-refractivity contribution < 1.29 is 27.0 Å². The van der Waals surface area contributed by atoms with Crippen molar-refractivity contribution in [3.05, 3.63) is 42.5 Å². The highest BCUT2D eigenvalue weighted by Gasteiger charge is 2.33. The van der Waals surface area contributed by atoms with Gasteiger partial charge in [-0.3, -0.25) is 0 Å². The molecule has 0 amide bonds. The Morgan fingerprint density at radius 1 is 0.939 bits per heavy atom. The van der Waals surface area contributed by atoms with E-state index in [1.807, 2.05) is 11.9 Å². The first kappa shape index (κ1) is 21.6. The summed E-state index contributed by atoms with van der Waals surface area (Å²) in [5.74, 6) is 2.11. The molecule has 0 radical (unpaired) electrons. The van der Waals surface area contributed by atoms with E-state index in [0.29, 0.717) is 49.1 Å². The van der Waals surface area contributed by atoms with Gasteiger partial charge in [-0.25, -0.2) is 8.42 Å². The van der Waals surface area contributed by atoms with Gasteiger partial charge in [-0.1, -0.05) is 0 Å². The maximum Gasteiger partial charge on any atom is 0.236 e. The number of nitrogens with zero attached hydrogens (tertiary/aromatic N) is 3. The molecule has 1 fully saturated rings. The molecule has 5 rings (SSSR count). The summed E-state index contributed by atoms with van der Waals surface area (Å²) in [6.45, 7) is 3.66. The van der Waals surface area contributed by atoms with Crippen molar-refractivity contribution >= 4 is 15.7 Å². The summed E-state index contributed by atoms with van der Waals surface area (Å²) >= 11 is 0. The average molecular weight is 472 g/mol. The van der Waals surface area contributed by atoms with E-state index in [1.165, 1.54) is 12.1 Å². The third-order valence-electron chi connectivity index (χ3n) is 5.79. The maximum atomic E-state index is 13.7. The van der Waals surface area contributed by atoms with Crippen LogP contribution in [-0.4, -0.2) is 71.9 Å². The van der Waals surface area contributed by atoms with Gasteiger partial charge < -0.3 is 28.4 Å². The smallest absolute Gasteiger partial charge is 0.236 e. The molecule has 1 saturated heterocycles. The van der Waals surface area contributed by atoms with E-state index in [2.05, 4.69) is 9.88 Å². The molecule has 2 aromatic carbocycles. The highest BCUT2D eigenvalue weighted by Crippen LogP contribution is 2.38. The van der Waals surface area contributed by atoms with Gasteiger partial charge in [0.2, 0.25) is 26.6 Å². The zero-order valence-electron chi connectivity index (χ0n) is 18.5. The molecule has 0 atom stereocenters. The van der Waals surface area contributed by atoms with Crippen LogP contribution in [0.3, 0.4) is 0 Å². The van der Waals surface area contributed by atoms with Crippen molar-refractivity contribution in [2.75, 3.05) is 58.5 Å². The average Bonchev–Trinajstić information content (AvgIpc) is 3.31. The van der Waals surface area contributed by atoms with E-state index in [4.69, 9.17) is 18.6 Å². The Balaban J connectivity index is 1.59. The summed E-state index contributed by atoms with van der Waals surface area (Å²) < 4.78 is 49.9. The summed E-state index contributed by atoms with van der Waals surface area (Å²) in [6, 6.07) is 11.8. The number of piperazine rings is 1. The fourth-order valence-electron chi connectivity index (χ4n) is 3.84. The molecule has 0 bridgehead atoms. The predicted molar refractivity (Wildman–Crippen MR) is 121 cm³/mol. The predicted octanol–water partition coefficient (Wildman–Crippen LogP) is 2.71. The van der Waals surface area contributed by atoms with Crippen LogP contribution in [-0.2, 0) is 9.84 Å². The second-order valence-electron chi connectivity index (χ2n) is 7.96. The summed E-state index contributed by atoms with van der Waals surface area (Å²) in [6.07, 6.45) is 0. The minimum absolute atomic E-state index is 0.0803. The first-order chi connectivity index (χ1) is 16.0. The summed E-state index contributed by atoms with van der Waals surface area (Å²) in [5.41, 5.74) is 0.662. The topological polar surface area (TPSA) is 94.3 Å². The van der Waals surface area contributed by atoms with Crippen molar-refractivity contribution in [3.63, 3.8) is 0 Å². The first-order valence-corrected chi connectivity index (χ1v) is 12.2. The zero-order valence-corrected chi connectivity index (χ0v) is 19.3. The number of methoxy groups -OCH3 is 1. The third-order valence-corrected chi connectivity index (χ3v) is 7.43. The highest BCUT2D eigenvalue weighted by atomic mass is 32.2. The number of anilines is 1. The van der Waals surface area contributed by atoms with Gasteiger partial charge in [0.1, 0.15) is 19.0 Å². The lowest BCUT2D eigenvalue weighted by atomic mass is 10.2. The number of benzene rings is 2. The minimum atomic E-state index is -3.99. The van der Waals surface area contributed by atoms with Gasteiger partial charge in [0.15, 0.2) is 11.5 Å². The van der Waals surface area contributed by atoms with Crippen LogP contribution in [0.4, 0.5) is 5.88 Å². The molecule has 9 nitrogen and oxygen atoms in total. The number of hydrogen-bond acceptors (Lipinski definition) is 9. The van der Waals surface area contributed by atoms with Gasteiger partial charge in [-0.15, -0.1) is 0 Å². The van der Waals surface area contributed by atoms with Crippen molar-refractivity contribution in [1.29, 1.82) is 0 Å². The van der Waals surface area contributed by atoms with Crippen LogP contribution in [0.5, 0.6) is 17.2 Å². The van der Waals surface area contributed by atoms with Gasteiger partial charge in [-0.05, 0) is 43.4 Å². The molecular weight excluding hydrogens is 446 g/mol. The van der Waals surface area contributed by atoms with Gasteiger partial charge in [0.05, 0.1) is 12.0 Å². The zero-order chi connectivity index (χ0) is 23.0. The normalized spacial score (nSPS) is 16.6. The molecule has 33 heavy (non-hydrogen) atoms. The molecule has 174 valence electrons. The number of rotatable bonds is 5. The number of hydrogen-bond donors (Lipinski definition) is 0. The SMILES string of the molecule is COc1ccc(-c2nc(S(=O)(=O)c3ccc4c(c3)OCCO4)c(N3CCN(C)CC3)o2)cc1. The van der Waals surface area contributed by atoms with E-state index in [9.17, 15) is 8.42 Å². The van der Waals surface area contributed by atoms with Crippen LogP contribution in [0, 0.1) is 0 Å². The van der Waals surface area contributed by atoms with Crippen LogP contribution in [0.2, 0.25) is 0 Å². The van der Waals surface area contributed by atoms with Gasteiger partial charge in [-0.2, -0.15) is 4.98 Å². The summed E-state index contributed by atoms with van der Waals surface area (Å²) in [4.78, 5) is 8.67. The van der Waals surface area contributed by atoms with E-state index < -0.39 is 9.84 Å². The van der Waals surface area contributed by atoms with Gasteiger partial charge in [0.25, 0.3) is 0 Å². The Hall–Kier alpha value is -3.24. The minimum Gasteiger partial charge on any atom is -0.497 e. The fourth-order valence-corrected chi connectivity index (χ4v) is 5.18. The number of aromatic nitrogens is 1. The number of oxazole rings is 1. The Kier molecular flexibility index (Phi) is 5.63. The molecule has 1 aromatic heterocycles. The largest absolute Gasteiger partial charge is 0.497 e. The van der Waals surface area contributed by atoms with Crippen LogP contribution in [0.1, 0.15) is 0 Å². The Labute approximate surface area is 192 Å². The second-order valence-corrected chi connectivity index (χ2v) is 9.82. The van der Waals surface area contributed by atoms with E-state index in [0.717, 1.165) is 13.1 Å². The number of fused-ring (bicyclic) bond motifs is 1. The number of sulfone groups is 1. The van der Waals surface area contributed by atoms with Crippen LogP contribution < -0.4 is 19.1 Å². The van der Waals surface area contributed by atoms with Crippen LogP contribution >= 0.6 is 0 Å². The van der Waals surface area contributed by atoms with Crippen molar-refractivity contribution in [2.45, 2.75) is 9.92 Å². The molecule has 0 aliphatic carbocycles. The fraction of sp³-hybridized carbons (Fsp3) is 0.348. The standard InChI is InChI=1S/C23H25N3O6S/c1-25-9-11-26(12-10-25)23-22(24-21(32-23)16-3-5-17(29-2)6-4-16)33(27,28)18-7-8-19-20(15-18)31-14-13-30-19/h3-8,15H,9-14H2,1-2H3. The van der Waals surface area contributed by atoms with Crippen molar-refractivity contribution in [1.82, 2.24) is 9.88 Å². The molecule has 3 aromatic rings. The van der Waals surface area contributed by atoms with E-state index in [1.54, 1.807) is 37.4 Å². The lowest BCUT2D eigenvalue weighted by Gasteiger charge is -2.32. The molecule has 2 aliphatic rings. The number of ether oxygens (including phenoxy) is 3. The summed E-state index contributed by atoms with van der Waals surface area (Å²) in [5, 5.41) is -0.102. The van der Waals surface area contributed by atoms with Gasteiger partial charge in [0, 0.05) is 37.8 Å². The maximum absolute atomic E-state index is 13.7. The van der Waals surface area contributed by atoms with Gasteiger partial charge >= 0.3 is 0 Å². The molecule has 0 unspecified atom stereocenters. The van der Waals surface area contributed by atoms with E-state index >= 15 is 0 Å². The molecule has 10 heteroatoms. The lowest BCUT2D eigenvalue weighted by Crippen LogP contribution is -2.44. The second kappa shape index (κ2) is 8.60. The van der Waals surface area contributed by atoms with Crippen LogP contribution in [0.25, 0.3) is 11.5 Å². The number of likely N-dealkylation sites (N-methyl/N-ethyl adjacent to an activating group) is 1.